The summed E-state index contributed by atoms with van der Waals surface area (Å²) >= 11 is 0. The minimum atomic E-state index is 0.0644. The maximum atomic E-state index is 12.2. The van der Waals surface area contributed by atoms with E-state index in [4.69, 9.17) is 15.2 Å². The Hall–Kier alpha value is -1.75. The Labute approximate surface area is 143 Å². The van der Waals surface area contributed by atoms with Gasteiger partial charge in [0, 0.05) is 36.6 Å². The van der Waals surface area contributed by atoms with Crippen molar-refractivity contribution in [3.8, 4) is 11.5 Å². The van der Waals surface area contributed by atoms with Crippen LogP contribution in [0.4, 0.5) is 0 Å². The van der Waals surface area contributed by atoms with Crippen LogP contribution in [0.1, 0.15) is 50.7 Å². The molecule has 132 valence electrons. The predicted octanol–water partition coefficient (Wildman–Crippen LogP) is 2.54. The summed E-state index contributed by atoms with van der Waals surface area (Å²) in [6, 6.07) is 4.23. The van der Waals surface area contributed by atoms with Crippen LogP contribution in [-0.4, -0.2) is 24.7 Å². The molecular weight excluding hydrogens is 304 g/mol. The maximum absolute atomic E-state index is 12.2. The Bertz CT molecular complexity index is 603. The summed E-state index contributed by atoms with van der Waals surface area (Å²) in [4.78, 5) is 12.2. The summed E-state index contributed by atoms with van der Waals surface area (Å²) in [5.41, 5.74) is 8.20. The number of amides is 1. The number of hydrogen-bond acceptors (Lipinski definition) is 4. The van der Waals surface area contributed by atoms with Crippen LogP contribution in [0, 0.1) is 5.92 Å². The standard InChI is InChI=1S/C19H28N2O3/c1-3-23-17-8-14-7-12(2)24-18(14)9-15(17)11-21-19(22)10-13-5-4-6-16(13)20/h8-9,12-13,16H,3-7,10-11,20H2,1-2H3,(H,21,22)/t12?,13-,16+/m0/s1. The fraction of sp³-hybridized carbons (Fsp3) is 0.632. The maximum Gasteiger partial charge on any atom is 0.220 e. The van der Waals surface area contributed by atoms with Crippen molar-refractivity contribution in [1.82, 2.24) is 5.32 Å². The Morgan fingerprint density at radius 1 is 1.42 bits per heavy atom. The van der Waals surface area contributed by atoms with Gasteiger partial charge in [-0.05, 0) is 44.7 Å². The van der Waals surface area contributed by atoms with E-state index >= 15 is 0 Å². The molecule has 0 bridgehead atoms. The van der Waals surface area contributed by atoms with E-state index in [1.165, 1.54) is 5.56 Å². The topological polar surface area (TPSA) is 73.6 Å². The Morgan fingerprint density at radius 3 is 2.96 bits per heavy atom. The molecule has 1 amide bonds. The first kappa shape index (κ1) is 17.1. The first-order valence-electron chi connectivity index (χ1n) is 9.04. The molecule has 0 spiro atoms. The van der Waals surface area contributed by atoms with Gasteiger partial charge in [-0.3, -0.25) is 4.79 Å². The monoisotopic (exact) mass is 332 g/mol. The molecule has 3 atom stereocenters. The summed E-state index contributed by atoms with van der Waals surface area (Å²) < 4.78 is 11.6. The molecular formula is C19H28N2O3. The van der Waals surface area contributed by atoms with Crippen molar-refractivity contribution >= 4 is 5.91 Å². The summed E-state index contributed by atoms with van der Waals surface area (Å²) in [5.74, 6) is 2.13. The highest BCUT2D eigenvalue weighted by molar-refractivity contribution is 5.76. The van der Waals surface area contributed by atoms with Gasteiger partial charge in [-0.25, -0.2) is 0 Å². The third kappa shape index (κ3) is 3.83. The second kappa shape index (κ2) is 7.43. The lowest BCUT2D eigenvalue weighted by Crippen LogP contribution is -2.31. The molecule has 3 rings (SSSR count). The zero-order valence-electron chi connectivity index (χ0n) is 14.6. The molecule has 1 heterocycles. The largest absolute Gasteiger partial charge is 0.494 e. The highest BCUT2D eigenvalue weighted by atomic mass is 16.5. The SMILES string of the molecule is CCOc1cc2c(cc1CNC(=O)C[C@@H]1CCC[C@H]1N)OC(C)C2. The van der Waals surface area contributed by atoms with E-state index in [0.717, 1.165) is 42.7 Å². The van der Waals surface area contributed by atoms with Crippen molar-refractivity contribution in [2.45, 2.75) is 64.6 Å². The highest BCUT2D eigenvalue weighted by Gasteiger charge is 2.26. The fourth-order valence-corrected chi connectivity index (χ4v) is 3.73. The van der Waals surface area contributed by atoms with Crippen LogP contribution in [0.25, 0.3) is 0 Å². The van der Waals surface area contributed by atoms with Gasteiger partial charge in [-0.2, -0.15) is 0 Å². The lowest BCUT2D eigenvalue weighted by Gasteiger charge is -2.16. The number of carbonyl (C=O) groups excluding carboxylic acids is 1. The van der Waals surface area contributed by atoms with Gasteiger partial charge in [0.05, 0.1) is 6.61 Å². The molecule has 0 radical (unpaired) electrons. The average molecular weight is 332 g/mol. The van der Waals surface area contributed by atoms with Gasteiger partial charge in [-0.1, -0.05) is 6.42 Å². The van der Waals surface area contributed by atoms with Gasteiger partial charge in [0.15, 0.2) is 0 Å². The van der Waals surface area contributed by atoms with E-state index in [9.17, 15) is 4.79 Å². The number of carbonyl (C=O) groups is 1. The molecule has 1 unspecified atom stereocenters. The van der Waals surface area contributed by atoms with Crippen LogP contribution < -0.4 is 20.5 Å². The third-order valence-electron chi connectivity index (χ3n) is 5.02. The van der Waals surface area contributed by atoms with Crippen molar-refractivity contribution in [1.29, 1.82) is 0 Å². The molecule has 5 nitrogen and oxygen atoms in total. The molecule has 1 aliphatic heterocycles. The van der Waals surface area contributed by atoms with E-state index in [2.05, 4.69) is 18.3 Å². The zero-order valence-corrected chi connectivity index (χ0v) is 14.6. The number of nitrogens with one attached hydrogen (secondary N) is 1. The normalized spacial score (nSPS) is 25.2. The van der Waals surface area contributed by atoms with Crippen LogP contribution in [0.2, 0.25) is 0 Å². The number of hydrogen-bond donors (Lipinski definition) is 2. The smallest absolute Gasteiger partial charge is 0.220 e. The molecule has 1 aliphatic carbocycles. The summed E-state index contributed by atoms with van der Waals surface area (Å²) in [5, 5.41) is 3.02. The number of fused-ring (bicyclic) bond motifs is 1. The number of benzene rings is 1. The average Bonchev–Trinajstić information content (AvgIpc) is 3.10. The molecule has 5 heteroatoms. The Balaban J connectivity index is 1.63. The first-order valence-corrected chi connectivity index (χ1v) is 9.04. The molecule has 0 aromatic heterocycles. The lowest BCUT2D eigenvalue weighted by molar-refractivity contribution is -0.122. The molecule has 24 heavy (non-hydrogen) atoms. The van der Waals surface area contributed by atoms with E-state index in [1.807, 2.05) is 13.0 Å². The van der Waals surface area contributed by atoms with E-state index in [1.54, 1.807) is 0 Å². The second-order valence-corrected chi connectivity index (χ2v) is 6.97. The Kier molecular flexibility index (Phi) is 5.29. The number of ether oxygens (including phenoxy) is 2. The van der Waals surface area contributed by atoms with Crippen LogP contribution in [-0.2, 0) is 17.8 Å². The molecule has 1 fully saturated rings. The van der Waals surface area contributed by atoms with Gasteiger partial charge in [0.25, 0.3) is 0 Å². The van der Waals surface area contributed by atoms with Crippen molar-refractivity contribution in [3.05, 3.63) is 23.3 Å². The van der Waals surface area contributed by atoms with Crippen LogP contribution >= 0.6 is 0 Å². The minimum Gasteiger partial charge on any atom is -0.494 e. The van der Waals surface area contributed by atoms with Crippen LogP contribution in [0.5, 0.6) is 11.5 Å². The molecule has 1 aromatic carbocycles. The first-order chi connectivity index (χ1) is 11.6. The predicted molar refractivity (Wildman–Crippen MR) is 93.2 cm³/mol. The van der Waals surface area contributed by atoms with Crippen LogP contribution in [0.15, 0.2) is 12.1 Å². The molecule has 1 saturated carbocycles. The lowest BCUT2D eigenvalue weighted by atomic mass is 10.00. The van der Waals surface area contributed by atoms with Crippen molar-refractivity contribution < 1.29 is 14.3 Å². The van der Waals surface area contributed by atoms with Crippen molar-refractivity contribution in [2.24, 2.45) is 11.7 Å². The van der Waals surface area contributed by atoms with Gasteiger partial charge in [-0.15, -0.1) is 0 Å². The molecule has 2 aliphatic rings. The molecule has 3 N–H and O–H groups in total. The molecule has 1 aromatic rings. The van der Waals surface area contributed by atoms with Gasteiger partial charge in [0.2, 0.25) is 5.91 Å². The van der Waals surface area contributed by atoms with E-state index < -0.39 is 0 Å². The summed E-state index contributed by atoms with van der Waals surface area (Å²) in [6.07, 6.45) is 4.85. The second-order valence-electron chi connectivity index (χ2n) is 6.97. The summed E-state index contributed by atoms with van der Waals surface area (Å²) in [7, 11) is 0. The van der Waals surface area contributed by atoms with E-state index in [0.29, 0.717) is 25.5 Å². The summed E-state index contributed by atoms with van der Waals surface area (Å²) in [6.45, 7) is 5.09. The fourth-order valence-electron chi connectivity index (χ4n) is 3.73. The third-order valence-corrected chi connectivity index (χ3v) is 5.02. The van der Waals surface area contributed by atoms with Crippen molar-refractivity contribution in [2.75, 3.05) is 6.61 Å². The minimum absolute atomic E-state index is 0.0644. The quantitative estimate of drug-likeness (QED) is 0.839. The van der Waals surface area contributed by atoms with E-state index in [-0.39, 0.29) is 18.1 Å². The zero-order chi connectivity index (χ0) is 17.1. The number of rotatable bonds is 6. The van der Waals surface area contributed by atoms with Crippen LogP contribution in [0.3, 0.4) is 0 Å². The number of nitrogens with two attached hydrogens (primary N) is 1. The van der Waals surface area contributed by atoms with Gasteiger partial charge < -0.3 is 20.5 Å². The van der Waals surface area contributed by atoms with Crippen molar-refractivity contribution in [3.63, 3.8) is 0 Å². The Morgan fingerprint density at radius 2 is 2.25 bits per heavy atom. The molecule has 0 saturated heterocycles. The highest BCUT2D eigenvalue weighted by Crippen LogP contribution is 2.35. The van der Waals surface area contributed by atoms with Gasteiger partial charge >= 0.3 is 0 Å². The van der Waals surface area contributed by atoms with Gasteiger partial charge in [0.1, 0.15) is 17.6 Å².